The summed E-state index contributed by atoms with van der Waals surface area (Å²) in [6.45, 7) is 2.62. The van der Waals surface area contributed by atoms with Crippen molar-refractivity contribution in [1.82, 2.24) is 0 Å². The van der Waals surface area contributed by atoms with E-state index in [-0.39, 0.29) is 5.91 Å². The van der Waals surface area contributed by atoms with Crippen molar-refractivity contribution in [3.8, 4) is 17.2 Å². The van der Waals surface area contributed by atoms with Gasteiger partial charge in [0, 0.05) is 30.3 Å². The molecule has 0 unspecified atom stereocenters. The fourth-order valence-corrected chi connectivity index (χ4v) is 2.74. The molecular formula is C21H28N2O4. The number of methoxy groups -OCH3 is 3. The Labute approximate surface area is 160 Å². The molecule has 0 fully saturated rings. The molecule has 0 saturated carbocycles. The van der Waals surface area contributed by atoms with Gasteiger partial charge >= 0.3 is 0 Å². The van der Waals surface area contributed by atoms with Crippen LogP contribution >= 0.6 is 0 Å². The highest BCUT2D eigenvalue weighted by molar-refractivity contribution is 5.92. The van der Waals surface area contributed by atoms with E-state index in [0.717, 1.165) is 24.1 Å². The maximum atomic E-state index is 12.0. The number of carbonyl (C=O) groups excluding carboxylic acids is 1. The number of para-hydroxylation sites is 1. The van der Waals surface area contributed by atoms with E-state index in [4.69, 9.17) is 14.2 Å². The van der Waals surface area contributed by atoms with E-state index in [2.05, 4.69) is 17.6 Å². The number of amides is 1. The molecular weight excluding hydrogens is 344 g/mol. The van der Waals surface area contributed by atoms with Crippen molar-refractivity contribution in [3.63, 3.8) is 0 Å². The molecule has 0 aromatic heterocycles. The number of benzene rings is 2. The molecule has 6 heteroatoms. The Hall–Kier alpha value is -2.89. The normalized spacial score (nSPS) is 10.2. The highest BCUT2D eigenvalue weighted by Gasteiger charge is 2.11. The molecule has 2 aromatic rings. The van der Waals surface area contributed by atoms with Crippen LogP contribution in [0.25, 0.3) is 0 Å². The second kappa shape index (κ2) is 10.3. The number of anilines is 2. The fourth-order valence-electron chi connectivity index (χ4n) is 2.74. The van der Waals surface area contributed by atoms with Gasteiger partial charge in [0.15, 0.2) is 11.5 Å². The molecule has 2 rings (SSSR count). The molecule has 0 aliphatic heterocycles. The van der Waals surface area contributed by atoms with Gasteiger partial charge in [-0.3, -0.25) is 4.79 Å². The van der Waals surface area contributed by atoms with Gasteiger partial charge in [-0.25, -0.2) is 0 Å². The van der Waals surface area contributed by atoms with Crippen molar-refractivity contribution in [2.45, 2.75) is 32.7 Å². The maximum Gasteiger partial charge on any atom is 0.224 e. The van der Waals surface area contributed by atoms with E-state index in [0.29, 0.717) is 35.9 Å². The van der Waals surface area contributed by atoms with Crippen LogP contribution in [0.15, 0.2) is 36.4 Å². The van der Waals surface area contributed by atoms with Crippen LogP contribution in [0.2, 0.25) is 0 Å². The third kappa shape index (κ3) is 5.54. The number of carbonyl (C=O) groups is 1. The van der Waals surface area contributed by atoms with E-state index < -0.39 is 0 Å². The summed E-state index contributed by atoms with van der Waals surface area (Å²) in [5.41, 5.74) is 2.53. The zero-order valence-corrected chi connectivity index (χ0v) is 16.4. The predicted octanol–water partition coefficient (Wildman–Crippen LogP) is 4.45. The second-order valence-electron chi connectivity index (χ2n) is 6.07. The standard InChI is InChI=1S/C21H28N2O4/c1-5-6-10-20(24)23-17-12-11-16(13-19(17)26-3)22-14-15-8-7-9-18(25-2)21(15)27-4/h7-9,11-13,22H,5-6,10,14H2,1-4H3,(H,23,24). The van der Waals surface area contributed by atoms with Crippen molar-refractivity contribution < 1.29 is 19.0 Å². The first kappa shape index (κ1) is 20.4. The molecule has 2 N–H and O–H groups in total. The van der Waals surface area contributed by atoms with Gasteiger partial charge in [0.25, 0.3) is 0 Å². The Bertz CT molecular complexity index is 762. The van der Waals surface area contributed by atoms with Crippen LogP contribution in [0, 0.1) is 0 Å². The Balaban J connectivity index is 2.09. The van der Waals surface area contributed by atoms with Gasteiger partial charge in [0.2, 0.25) is 5.91 Å². The van der Waals surface area contributed by atoms with Crippen LogP contribution < -0.4 is 24.8 Å². The van der Waals surface area contributed by atoms with Crippen LogP contribution in [0.3, 0.4) is 0 Å². The minimum atomic E-state index is -0.00280. The monoisotopic (exact) mass is 372 g/mol. The molecule has 27 heavy (non-hydrogen) atoms. The van der Waals surface area contributed by atoms with Crippen molar-refractivity contribution in [2.24, 2.45) is 0 Å². The molecule has 0 aliphatic rings. The lowest BCUT2D eigenvalue weighted by molar-refractivity contribution is -0.116. The zero-order chi connectivity index (χ0) is 19.6. The van der Waals surface area contributed by atoms with Crippen molar-refractivity contribution >= 4 is 17.3 Å². The molecule has 0 spiro atoms. The average molecular weight is 372 g/mol. The van der Waals surface area contributed by atoms with Gasteiger partial charge in [-0.2, -0.15) is 0 Å². The van der Waals surface area contributed by atoms with E-state index in [1.807, 2.05) is 36.4 Å². The molecule has 1 amide bonds. The van der Waals surface area contributed by atoms with Crippen LogP contribution in [-0.2, 0) is 11.3 Å². The summed E-state index contributed by atoms with van der Waals surface area (Å²) in [5.74, 6) is 2.01. The average Bonchev–Trinajstić information content (AvgIpc) is 2.70. The van der Waals surface area contributed by atoms with Gasteiger partial charge in [0.05, 0.1) is 27.0 Å². The summed E-state index contributed by atoms with van der Waals surface area (Å²) < 4.78 is 16.2. The summed E-state index contributed by atoms with van der Waals surface area (Å²) in [7, 11) is 4.83. The Morgan fingerprint density at radius 2 is 1.78 bits per heavy atom. The SMILES string of the molecule is CCCCC(=O)Nc1ccc(NCc2cccc(OC)c2OC)cc1OC. The lowest BCUT2D eigenvalue weighted by Crippen LogP contribution is -2.12. The summed E-state index contributed by atoms with van der Waals surface area (Å²) >= 11 is 0. The molecule has 0 atom stereocenters. The van der Waals surface area contributed by atoms with Gasteiger partial charge in [-0.1, -0.05) is 25.5 Å². The summed E-state index contributed by atoms with van der Waals surface area (Å²) in [4.78, 5) is 12.0. The minimum Gasteiger partial charge on any atom is -0.494 e. The summed E-state index contributed by atoms with van der Waals surface area (Å²) in [5, 5.41) is 6.25. The predicted molar refractivity (Wildman–Crippen MR) is 108 cm³/mol. The lowest BCUT2D eigenvalue weighted by atomic mass is 10.1. The first-order valence-electron chi connectivity index (χ1n) is 9.04. The first-order chi connectivity index (χ1) is 13.1. The van der Waals surface area contributed by atoms with Crippen LogP contribution in [0.4, 0.5) is 11.4 Å². The summed E-state index contributed by atoms with van der Waals surface area (Å²) in [6.07, 6.45) is 2.37. The van der Waals surface area contributed by atoms with Crippen molar-refractivity contribution in [3.05, 3.63) is 42.0 Å². The smallest absolute Gasteiger partial charge is 0.224 e. The molecule has 146 valence electrons. The van der Waals surface area contributed by atoms with E-state index in [9.17, 15) is 4.79 Å². The van der Waals surface area contributed by atoms with Crippen LogP contribution in [0.5, 0.6) is 17.2 Å². The molecule has 2 aromatic carbocycles. The Morgan fingerprint density at radius 1 is 1.00 bits per heavy atom. The van der Waals surface area contributed by atoms with E-state index >= 15 is 0 Å². The topological polar surface area (TPSA) is 68.8 Å². The number of hydrogen-bond donors (Lipinski definition) is 2. The van der Waals surface area contributed by atoms with E-state index in [1.165, 1.54) is 0 Å². The first-order valence-corrected chi connectivity index (χ1v) is 9.04. The number of unbranched alkanes of at least 4 members (excludes halogenated alkanes) is 1. The molecule has 0 radical (unpaired) electrons. The number of nitrogens with one attached hydrogen (secondary N) is 2. The lowest BCUT2D eigenvalue weighted by Gasteiger charge is -2.15. The number of ether oxygens (including phenoxy) is 3. The van der Waals surface area contributed by atoms with Crippen molar-refractivity contribution in [2.75, 3.05) is 32.0 Å². The molecule has 0 bridgehead atoms. The zero-order valence-electron chi connectivity index (χ0n) is 16.4. The number of hydrogen-bond acceptors (Lipinski definition) is 5. The highest BCUT2D eigenvalue weighted by Crippen LogP contribution is 2.32. The van der Waals surface area contributed by atoms with Gasteiger partial charge in [-0.15, -0.1) is 0 Å². The Kier molecular flexibility index (Phi) is 7.79. The second-order valence-corrected chi connectivity index (χ2v) is 6.07. The van der Waals surface area contributed by atoms with E-state index in [1.54, 1.807) is 21.3 Å². The maximum absolute atomic E-state index is 12.0. The Morgan fingerprint density at radius 3 is 2.44 bits per heavy atom. The fraction of sp³-hybridized carbons (Fsp3) is 0.381. The van der Waals surface area contributed by atoms with Crippen molar-refractivity contribution in [1.29, 1.82) is 0 Å². The van der Waals surface area contributed by atoms with Crippen LogP contribution in [-0.4, -0.2) is 27.2 Å². The van der Waals surface area contributed by atoms with Crippen LogP contribution in [0.1, 0.15) is 31.7 Å². The third-order valence-corrected chi connectivity index (χ3v) is 4.20. The largest absolute Gasteiger partial charge is 0.494 e. The number of rotatable bonds is 10. The minimum absolute atomic E-state index is 0.00280. The molecule has 0 heterocycles. The van der Waals surface area contributed by atoms with Gasteiger partial charge in [0.1, 0.15) is 5.75 Å². The quantitative estimate of drug-likeness (QED) is 0.645. The highest BCUT2D eigenvalue weighted by atomic mass is 16.5. The third-order valence-electron chi connectivity index (χ3n) is 4.20. The summed E-state index contributed by atoms with van der Waals surface area (Å²) in [6, 6.07) is 11.4. The molecule has 0 aliphatic carbocycles. The molecule has 6 nitrogen and oxygen atoms in total. The van der Waals surface area contributed by atoms with Gasteiger partial charge in [-0.05, 0) is 24.6 Å². The van der Waals surface area contributed by atoms with Gasteiger partial charge < -0.3 is 24.8 Å². The molecule has 0 saturated heterocycles.